The van der Waals surface area contributed by atoms with E-state index in [1.54, 1.807) is 0 Å². The summed E-state index contributed by atoms with van der Waals surface area (Å²) < 4.78 is 5.54. The predicted octanol–water partition coefficient (Wildman–Crippen LogP) is 1.28. The van der Waals surface area contributed by atoms with E-state index in [-0.39, 0.29) is 0 Å². The minimum atomic E-state index is 0.318. The smallest absolute Gasteiger partial charge is 0.0885 e. The van der Waals surface area contributed by atoms with Gasteiger partial charge in [0.2, 0.25) is 0 Å². The Hall–Kier alpha value is -0.340. The lowest BCUT2D eigenvalue weighted by Gasteiger charge is -2.28. The second-order valence-corrected chi connectivity index (χ2v) is 3.42. The summed E-state index contributed by atoms with van der Waals surface area (Å²) in [4.78, 5) is 2.30. The highest BCUT2D eigenvalue weighted by atomic mass is 16.5. The molecule has 0 bridgehead atoms. The number of ether oxygens (including phenoxy) is 1. The summed E-state index contributed by atoms with van der Waals surface area (Å²) in [6, 6.07) is 0. The van der Waals surface area contributed by atoms with Gasteiger partial charge in [-0.2, -0.15) is 0 Å². The summed E-state index contributed by atoms with van der Waals surface area (Å²) in [7, 11) is 2.13. The summed E-state index contributed by atoms with van der Waals surface area (Å²) in [5.41, 5.74) is 1.34. The molecule has 64 valence electrons. The standard InChI is InChI=1S/C9H17NO/c1-8(2)6-9-7-10(3)4-5-11-9/h6,9H,4-5,7H2,1-3H3. The van der Waals surface area contributed by atoms with Crippen LogP contribution >= 0.6 is 0 Å². The zero-order valence-corrected chi connectivity index (χ0v) is 7.63. The molecule has 0 saturated carbocycles. The van der Waals surface area contributed by atoms with E-state index < -0.39 is 0 Å². The van der Waals surface area contributed by atoms with Crippen molar-refractivity contribution in [2.45, 2.75) is 20.0 Å². The summed E-state index contributed by atoms with van der Waals surface area (Å²) in [5, 5.41) is 0. The third kappa shape index (κ3) is 3.04. The number of morpholine rings is 1. The molecule has 1 aliphatic heterocycles. The average molecular weight is 155 g/mol. The van der Waals surface area contributed by atoms with E-state index in [1.165, 1.54) is 5.57 Å². The maximum absolute atomic E-state index is 5.54. The van der Waals surface area contributed by atoms with Crippen LogP contribution in [-0.4, -0.2) is 37.7 Å². The fourth-order valence-electron chi connectivity index (χ4n) is 1.28. The molecule has 0 N–H and O–H groups in total. The SMILES string of the molecule is CC(C)=CC1CN(C)CCO1. The van der Waals surface area contributed by atoms with E-state index in [2.05, 4.69) is 31.9 Å². The monoisotopic (exact) mass is 155 g/mol. The third-order valence-corrected chi connectivity index (χ3v) is 1.82. The summed E-state index contributed by atoms with van der Waals surface area (Å²) in [5.74, 6) is 0. The van der Waals surface area contributed by atoms with Crippen LogP contribution < -0.4 is 0 Å². The van der Waals surface area contributed by atoms with Crippen molar-refractivity contribution in [3.63, 3.8) is 0 Å². The molecule has 2 nitrogen and oxygen atoms in total. The van der Waals surface area contributed by atoms with Crippen LogP contribution in [0.3, 0.4) is 0 Å². The summed E-state index contributed by atoms with van der Waals surface area (Å²) in [6.45, 7) is 7.18. The molecule has 0 spiro atoms. The van der Waals surface area contributed by atoms with Gasteiger partial charge in [0.25, 0.3) is 0 Å². The second kappa shape index (κ2) is 3.88. The molecule has 0 aromatic heterocycles. The van der Waals surface area contributed by atoms with Crippen molar-refractivity contribution in [1.29, 1.82) is 0 Å². The van der Waals surface area contributed by atoms with Crippen LogP contribution in [0, 0.1) is 0 Å². The van der Waals surface area contributed by atoms with E-state index in [1.807, 2.05) is 0 Å². The molecule has 1 unspecified atom stereocenters. The van der Waals surface area contributed by atoms with E-state index >= 15 is 0 Å². The number of nitrogens with zero attached hydrogens (tertiary/aromatic N) is 1. The molecule has 0 radical (unpaired) electrons. The van der Waals surface area contributed by atoms with Gasteiger partial charge in [0.1, 0.15) is 0 Å². The quantitative estimate of drug-likeness (QED) is 0.529. The third-order valence-electron chi connectivity index (χ3n) is 1.82. The maximum Gasteiger partial charge on any atom is 0.0885 e. The second-order valence-electron chi connectivity index (χ2n) is 3.42. The van der Waals surface area contributed by atoms with Gasteiger partial charge in [-0.15, -0.1) is 0 Å². The van der Waals surface area contributed by atoms with E-state index in [0.29, 0.717) is 6.10 Å². The first kappa shape index (κ1) is 8.75. The molecule has 1 atom stereocenters. The largest absolute Gasteiger partial charge is 0.371 e. The molecule has 0 amide bonds. The molecule has 1 saturated heterocycles. The Morgan fingerprint density at radius 1 is 1.55 bits per heavy atom. The highest BCUT2D eigenvalue weighted by Gasteiger charge is 2.14. The molecule has 0 aromatic rings. The van der Waals surface area contributed by atoms with Crippen LogP contribution in [-0.2, 0) is 4.74 Å². The average Bonchev–Trinajstić information content (AvgIpc) is 1.85. The van der Waals surface area contributed by atoms with Crippen molar-refractivity contribution in [3.05, 3.63) is 11.6 Å². The lowest BCUT2D eigenvalue weighted by atomic mass is 10.2. The molecule has 2 heteroatoms. The van der Waals surface area contributed by atoms with Crippen LogP contribution in [0.4, 0.5) is 0 Å². The lowest BCUT2D eigenvalue weighted by molar-refractivity contribution is 0.00661. The maximum atomic E-state index is 5.54. The summed E-state index contributed by atoms with van der Waals surface area (Å²) in [6.07, 6.45) is 2.51. The van der Waals surface area contributed by atoms with Gasteiger partial charge in [-0.3, -0.25) is 0 Å². The van der Waals surface area contributed by atoms with Gasteiger partial charge in [0.05, 0.1) is 12.7 Å². The Morgan fingerprint density at radius 2 is 2.27 bits per heavy atom. The van der Waals surface area contributed by atoms with Gasteiger partial charge in [0, 0.05) is 13.1 Å². The fourth-order valence-corrected chi connectivity index (χ4v) is 1.28. The van der Waals surface area contributed by atoms with Crippen molar-refractivity contribution in [1.82, 2.24) is 4.90 Å². The van der Waals surface area contributed by atoms with Gasteiger partial charge in [-0.1, -0.05) is 11.6 Å². The topological polar surface area (TPSA) is 12.5 Å². The normalized spacial score (nSPS) is 26.6. The number of allylic oxidation sites excluding steroid dienone is 1. The molecule has 11 heavy (non-hydrogen) atoms. The Balaban J connectivity index is 2.40. The van der Waals surface area contributed by atoms with Crippen molar-refractivity contribution < 1.29 is 4.74 Å². The van der Waals surface area contributed by atoms with Crippen molar-refractivity contribution in [2.24, 2.45) is 0 Å². The molecule has 1 aliphatic rings. The molecule has 1 rings (SSSR count). The number of hydrogen-bond donors (Lipinski definition) is 0. The van der Waals surface area contributed by atoms with Gasteiger partial charge in [-0.25, -0.2) is 0 Å². The molecule has 1 heterocycles. The first-order valence-electron chi connectivity index (χ1n) is 4.13. The zero-order chi connectivity index (χ0) is 8.27. The van der Waals surface area contributed by atoms with Crippen LogP contribution in [0.2, 0.25) is 0 Å². The van der Waals surface area contributed by atoms with Crippen LogP contribution in [0.25, 0.3) is 0 Å². The first-order valence-corrected chi connectivity index (χ1v) is 4.13. The minimum absolute atomic E-state index is 0.318. The summed E-state index contributed by atoms with van der Waals surface area (Å²) >= 11 is 0. The van der Waals surface area contributed by atoms with E-state index in [0.717, 1.165) is 19.7 Å². The van der Waals surface area contributed by atoms with Crippen LogP contribution in [0.15, 0.2) is 11.6 Å². The molecular weight excluding hydrogens is 138 g/mol. The Bertz CT molecular complexity index is 150. The Morgan fingerprint density at radius 3 is 2.82 bits per heavy atom. The predicted molar refractivity (Wildman–Crippen MR) is 46.7 cm³/mol. The number of likely N-dealkylation sites (N-methyl/N-ethyl adjacent to an activating group) is 1. The Kier molecular flexibility index (Phi) is 3.09. The van der Waals surface area contributed by atoms with Crippen molar-refractivity contribution in [2.75, 3.05) is 26.7 Å². The highest BCUT2D eigenvalue weighted by Crippen LogP contribution is 2.06. The number of rotatable bonds is 1. The lowest BCUT2D eigenvalue weighted by Crippen LogP contribution is -2.38. The van der Waals surface area contributed by atoms with Gasteiger partial charge in [-0.05, 0) is 20.9 Å². The molecular formula is C9H17NO. The van der Waals surface area contributed by atoms with E-state index in [9.17, 15) is 0 Å². The Labute approximate surface area is 68.8 Å². The fraction of sp³-hybridized carbons (Fsp3) is 0.778. The molecule has 0 aromatic carbocycles. The number of hydrogen-bond acceptors (Lipinski definition) is 2. The van der Waals surface area contributed by atoms with E-state index in [4.69, 9.17) is 4.74 Å². The molecule has 1 fully saturated rings. The minimum Gasteiger partial charge on any atom is -0.371 e. The first-order chi connectivity index (χ1) is 5.18. The van der Waals surface area contributed by atoms with Crippen molar-refractivity contribution >= 4 is 0 Å². The van der Waals surface area contributed by atoms with Crippen LogP contribution in [0.1, 0.15) is 13.8 Å². The van der Waals surface area contributed by atoms with Crippen LogP contribution in [0.5, 0.6) is 0 Å². The zero-order valence-electron chi connectivity index (χ0n) is 7.63. The molecule has 0 aliphatic carbocycles. The highest BCUT2D eigenvalue weighted by molar-refractivity contribution is 5.00. The van der Waals surface area contributed by atoms with Gasteiger partial charge < -0.3 is 9.64 Å². The van der Waals surface area contributed by atoms with Gasteiger partial charge >= 0.3 is 0 Å². The van der Waals surface area contributed by atoms with Crippen molar-refractivity contribution in [3.8, 4) is 0 Å². The van der Waals surface area contributed by atoms with Gasteiger partial charge in [0.15, 0.2) is 0 Å².